The van der Waals surface area contributed by atoms with E-state index in [4.69, 9.17) is 4.98 Å². The van der Waals surface area contributed by atoms with Crippen molar-refractivity contribution in [2.75, 3.05) is 10.2 Å². The summed E-state index contributed by atoms with van der Waals surface area (Å²) in [5.74, 6) is 0.198. The largest absolute Gasteiger partial charge is 0.326 e. The van der Waals surface area contributed by atoms with Crippen molar-refractivity contribution in [1.29, 1.82) is 0 Å². The molecule has 0 fully saturated rings. The molecule has 7 heteroatoms. The third kappa shape index (κ3) is 3.51. The molecule has 7 nitrogen and oxygen atoms in total. The fourth-order valence-corrected chi connectivity index (χ4v) is 4.23. The van der Waals surface area contributed by atoms with Crippen LogP contribution in [0.15, 0.2) is 72.9 Å². The van der Waals surface area contributed by atoms with Gasteiger partial charge in [0.25, 0.3) is 5.91 Å². The molecule has 0 spiro atoms. The lowest BCUT2D eigenvalue weighted by molar-refractivity contribution is -0.124. The third-order valence-corrected chi connectivity index (χ3v) is 5.78. The molecule has 0 saturated carbocycles. The zero-order valence-corrected chi connectivity index (χ0v) is 17.7. The summed E-state index contributed by atoms with van der Waals surface area (Å²) in [4.78, 5) is 37.1. The number of nitrogens with one attached hydrogen (secondary N) is 1. The van der Waals surface area contributed by atoms with E-state index in [9.17, 15) is 9.59 Å². The molecule has 4 aromatic rings. The van der Waals surface area contributed by atoms with Crippen LogP contribution in [0.5, 0.6) is 0 Å². The van der Waals surface area contributed by atoms with Gasteiger partial charge in [-0.05, 0) is 42.3 Å². The summed E-state index contributed by atoms with van der Waals surface area (Å²) in [6.45, 7) is 2.35. The highest BCUT2D eigenvalue weighted by Gasteiger charge is 2.41. The Bertz CT molecular complexity index is 1300. The molecule has 5 rings (SSSR count). The van der Waals surface area contributed by atoms with Crippen LogP contribution in [-0.2, 0) is 22.6 Å². The van der Waals surface area contributed by atoms with Crippen LogP contribution in [0.2, 0.25) is 0 Å². The average Bonchev–Trinajstić information content (AvgIpc) is 3.31. The second-order valence-corrected chi connectivity index (χ2v) is 7.79. The number of rotatable bonds is 6. The zero-order chi connectivity index (χ0) is 22.1. The van der Waals surface area contributed by atoms with Crippen molar-refractivity contribution in [2.45, 2.75) is 32.4 Å². The van der Waals surface area contributed by atoms with Gasteiger partial charge in [0.15, 0.2) is 0 Å². The van der Waals surface area contributed by atoms with Crippen LogP contribution >= 0.6 is 0 Å². The molecule has 1 aliphatic heterocycles. The highest BCUT2D eigenvalue weighted by molar-refractivity contribution is 6.05. The van der Waals surface area contributed by atoms with Crippen molar-refractivity contribution in [3.63, 3.8) is 0 Å². The molecule has 1 atom stereocenters. The van der Waals surface area contributed by atoms with E-state index >= 15 is 0 Å². The highest BCUT2D eigenvalue weighted by atomic mass is 16.2. The van der Waals surface area contributed by atoms with E-state index in [0.29, 0.717) is 12.5 Å². The molecule has 0 bridgehead atoms. The van der Waals surface area contributed by atoms with Gasteiger partial charge in [-0.15, -0.1) is 0 Å². The van der Waals surface area contributed by atoms with E-state index < -0.39 is 6.04 Å². The summed E-state index contributed by atoms with van der Waals surface area (Å²) in [6, 6.07) is 20.4. The van der Waals surface area contributed by atoms with Crippen LogP contribution in [0.4, 0.5) is 11.6 Å². The molecule has 160 valence electrons. The van der Waals surface area contributed by atoms with E-state index in [1.165, 1.54) is 0 Å². The van der Waals surface area contributed by atoms with Crippen molar-refractivity contribution in [3.8, 4) is 0 Å². The number of fused-ring (bicyclic) bond motifs is 3. The topological polar surface area (TPSA) is 80.1 Å². The molecule has 2 aromatic heterocycles. The predicted octanol–water partition coefficient (Wildman–Crippen LogP) is 4.11. The number of aryl methyl sites for hydroxylation is 1. The zero-order valence-electron chi connectivity index (χ0n) is 17.7. The fraction of sp³-hybridized carbons (Fsp3) is 0.200. The van der Waals surface area contributed by atoms with Crippen molar-refractivity contribution in [2.24, 2.45) is 0 Å². The Morgan fingerprint density at radius 2 is 1.81 bits per heavy atom. The number of imidazole rings is 1. The van der Waals surface area contributed by atoms with Gasteiger partial charge in [0.1, 0.15) is 6.04 Å². The number of carbonyl (C=O) groups is 2. The quantitative estimate of drug-likeness (QED) is 0.504. The first-order chi connectivity index (χ1) is 15.7. The Labute approximate surface area is 185 Å². The summed E-state index contributed by atoms with van der Waals surface area (Å²) >= 11 is 0. The maximum Gasteiger partial charge on any atom is 0.253 e. The standard InChI is InChI=1S/C25H23N5O2/c1-2-17-9-3-4-11-19(17)27-23(31)15-22-24(32)29(16-18-10-7-8-14-26-18)25-28-20-12-5-6-13-21(20)30(22)25/h3-14,22H,2,15-16H2,1H3,(H,27,31). The summed E-state index contributed by atoms with van der Waals surface area (Å²) in [5.41, 5.74) is 4.24. The Morgan fingerprint density at radius 3 is 2.62 bits per heavy atom. The number of pyridine rings is 1. The smallest absolute Gasteiger partial charge is 0.253 e. The molecule has 1 aliphatic rings. The van der Waals surface area contributed by atoms with E-state index in [1.807, 2.05) is 78.2 Å². The second-order valence-electron chi connectivity index (χ2n) is 7.79. The number of hydrogen-bond acceptors (Lipinski definition) is 4. The number of anilines is 2. The fourth-order valence-electron chi connectivity index (χ4n) is 4.23. The molecule has 2 aromatic carbocycles. The summed E-state index contributed by atoms with van der Waals surface area (Å²) in [6.07, 6.45) is 2.55. The van der Waals surface area contributed by atoms with Gasteiger partial charge < -0.3 is 5.32 Å². The highest BCUT2D eigenvalue weighted by Crippen LogP contribution is 2.37. The van der Waals surface area contributed by atoms with Crippen LogP contribution in [-0.4, -0.2) is 26.3 Å². The Balaban J connectivity index is 1.47. The summed E-state index contributed by atoms with van der Waals surface area (Å²) < 4.78 is 1.88. The van der Waals surface area contributed by atoms with Crippen molar-refractivity contribution >= 4 is 34.5 Å². The van der Waals surface area contributed by atoms with Gasteiger partial charge in [0.2, 0.25) is 11.9 Å². The average molecular weight is 425 g/mol. The molecule has 32 heavy (non-hydrogen) atoms. The number of hydrogen-bond donors (Lipinski definition) is 1. The number of aromatic nitrogens is 3. The maximum atomic E-state index is 13.4. The van der Waals surface area contributed by atoms with E-state index in [1.54, 1.807) is 11.1 Å². The minimum atomic E-state index is -0.657. The van der Waals surface area contributed by atoms with Crippen LogP contribution in [0, 0.1) is 0 Å². The SMILES string of the molecule is CCc1ccccc1NC(=O)CC1C(=O)N(Cc2ccccn2)c2nc3ccccc3n21. The molecule has 1 N–H and O–H groups in total. The Morgan fingerprint density at radius 1 is 1.03 bits per heavy atom. The molecule has 3 heterocycles. The van der Waals surface area contributed by atoms with E-state index in [-0.39, 0.29) is 18.2 Å². The maximum absolute atomic E-state index is 13.4. The van der Waals surface area contributed by atoms with Gasteiger partial charge in [-0.2, -0.15) is 0 Å². The molecule has 1 unspecified atom stereocenters. The number of nitrogens with zero attached hydrogens (tertiary/aromatic N) is 4. The number of amides is 2. The van der Waals surface area contributed by atoms with Crippen LogP contribution in [0.25, 0.3) is 11.0 Å². The first-order valence-corrected chi connectivity index (χ1v) is 10.7. The first-order valence-electron chi connectivity index (χ1n) is 10.7. The lowest BCUT2D eigenvalue weighted by Gasteiger charge is -2.16. The Kier molecular flexibility index (Phi) is 5.15. The molecule has 0 radical (unpaired) electrons. The van der Waals surface area contributed by atoms with Crippen molar-refractivity contribution < 1.29 is 9.59 Å². The molecule has 0 saturated heterocycles. The second kappa shape index (κ2) is 8.26. The monoisotopic (exact) mass is 425 g/mol. The van der Waals surface area contributed by atoms with E-state index in [2.05, 4.69) is 10.3 Å². The van der Waals surface area contributed by atoms with Gasteiger partial charge in [-0.25, -0.2) is 4.98 Å². The lowest BCUT2D eigenvalue weighted by Crippen LogP contribution is -2.31. The normalized spacial score (nSPS) is 15.2. The first kappa shape index (κ1) is 19.9. The van der Waals surface area contributed by atoms with Gasteiger partial charge in [0, 0.05) is 11.9 Å². The molecular formula is C25H23N5O2. The molecule has 0 aliphatic carbocycles. The molecular weight excluding hydrogens is 402 g/mol. The van der Waals surface area contributed by atoms with Crippen LogP contribution in [0.3, 0.4) is 0 Å². The van der Waals surface area contributed by atoms with Gasteiger partial charge in [-0.3, -0.25) is 24.0 Å². The minimum Gasteiger partial charge on any atom is -0.326 e. The summed E-state index contributed by atoms with van der Waals surface area (Å²) in [5, 5.41) is 2.99. The molecule has 2 amide bonds. The van der Waals surface area contributed by atoms with Gasteiger partial charge in [0.05, 0.1) is 29.7 Å². The summed E-state index contributed by atoms with van der Waals surface area (Å²) in [7, 11) is 0. The lowest BCUT2D eigenvalue weighted by atomic mass is 10.1. The van der Waals surface area contributed by atoms with E-state index in [0.717, 1.165) is 34.4 Å². The number of benzene rings is 2. The Hall–Kier alpha value is -4.00. The third-order valence-electron chi connectivity index (χ3n) is 5.78. The van der Waals surface area contributed by atoms with Crippen LogP contribution in [0.1, 0.15) is 30.6 Å². The van der Waals surface area contributed by atoms with Crippen LogP contribution < -0.4 is 10.2 Å². The van der Waals surface area contributed by atoms with Crippen molar-refractivity contribution in [1.82, 2.24) is 14.5 Å². The van der Waals surface area contributed by atoms with Gasteiger partial charge in [-0.1, -0.05) is 43.3 Å². The predicted molar refractivity (Wildman–Crippen MR) is 123 cm³/mol. The number of carbonyl (C=O) groups excluding carboxylic acids is 2. The van der Waals surface area contributed by atoms with Crippen molar-refractivity contribution in [3.05, 3.63) is 84.2 Å². The van der Waals surface area contributed by atoms with Gasteiger partial charge >= 0.3 is 0 Å². The number of para-hydroxylation sites is 3. The minimum absolute atomic E-state index is 0.0307.